The van der Waals surface area contributed by atoms with Crippen molar-refractivity contribution in [3.8, 4) is 50.8 Å². The summed E-state index contributed by atoms with van der Waals surface area (Å²) in [6, 6.07) is 104. The van der Waals surface area contributed by atoms with E-state index in [0.717, 1.165) is 83.5 Å². The normalized spacial score (nSPS) is 11.7. The third kappa shape index (κ3) is 7.83. The number of rotatable bonds is 6. The molecule has 0 N–H and O–H groups in total. The monoisotopic (exact) mass is 1030 g/mol. The lowest BCUT2D eigenvalue weighted by molar-refractivity contribution is 1.18. The van der Waals surface area contributed by atoms with Crippen molar-refractivity contribution in [2.75, 3.05) is 0 Å². The summed E-state index contributed by atoms with van der Waals surface area (Å²) in [6.45, 7) is 0. The molecule has 12 aromatic carbocycles. The second kappa shape index (κ2) is 18.9. The van der Waals surface area contributed by atoms with Crippen molar-refractivity contribution in [2.45, 2.75) is 0 Å². The number of nitrogens with zero attached hydrogens (tertiary/aromatic N) is 6. The third-order valence-electron chi connectivity index (χ3n) is 16.1. The van der Waals surface area contributed by atoms with Gasteiger partial charge in [0.2, 0.25) is 0 Å². The first-order valence-corrected chi connectivity index (χ1v) is 27.5. The van der Waals surface area contributed by atoms with Gasteiger partial charge < -0.3 is 13.7 Å². The summed E-state index contributed by atoms with van der Waals surface area (Å²) in [6.07, 6.45) is 0. The van der Waals surface area contributed by atoms with E-state index in [2.05, 4.69) is 305 Å². The molecular formula is C75H48N6. The van der Waals surface area contributed by atoms with Crippen LogP contribution in [0.25, 0.3) is 149 Å². The van der Waals surface area contributed by atoms with Gasteiger partial charge in [0.1, 0.15) is 0 Å². The van der Waals surface area contributed by atoms with Crippen LogP contribution in [0.15, 0.2) is 291 Å². The Morgan fingerprint density at radius 1 is 0.185 bits per heavy atom. The van der Waals surface area contributed by atoms with Gasteiger partial charge in [-0.3, -0.25) is 0 Å². The van der Waals surface area contributed by atoms with Gasteiger partial charge in [0.15, 0.2) is 0 Å². The van der Waals surface area contributed by atoms with Gasteiger partial charge in [0.25, 0.3) is 0 Å². The molecule has 7 aromatic heterocycles. The summed E-state index contributed by atoms with van der Waals surface area (Å²) in [5.41, 5.74) is 18.4. The lowest BCUT2D eigenvalue weighted by atomic mass is 10.1. The molecule has 0 saturated carbocycles. The van der Waals surface area contributed by atoms with E-state index in [0.29, 0.717) is 0 Å². The van der Waals surface area contributed by atoms with E-state index in [1.54, 1.807) is 0 Å². The van der Waals surface area contributed by atoms with Gasteiger partial charge in [-0.1, -0.05) is 182 Å². The summed E-state index contributed by atoms with van der Waals surface area (Å²) >= 11 is 0. The molecule has 0 unspecified atom stereocenters. The molecule has 19 rings (SSSR count). The fourth-order valence-corrected chi connectivity index (χ4v) is 12.3. The van der Waals surface area contributed by atoms with Gasteiger partial charge in [0.05, 0.1) is 66.7 Å². The van der Waals surface area contributed by atoms with E-state index < -0.39 is 0 Å². The molecule has 378 valence electrons. The molecule has 0 aliphatic carbocycles. The molecule has 6 heteroatoms. The van der Waals surface area contributed by atoms with Crippen LogP contribution >= 0.6 is 0 Å². The second-order valence-corrected chi connectivity index (χ2v) is 20.8. The minimum Gasteiger partial charge on any atom is -0.309 e. The Bertz CT molecular complexity index is 4530. The van der Waals surface area contributed by atoms with Crippen LogP contribution in [0.4, 0.5) is 0 Å². The fourth-order valence-electron chi connectivity index (χ4n) is 12.3. The molecule has 0 aliphatic rings. The van der Waals surface area contributed by atoms with Crippen LogP contribution in [0.2, 0.25) is 0 Å². The minimum absolute atomic E-state index is 0.834. The van der Waals surface area contributed by atoms with Crippen molar-refractivity contribution in [2.24, 2.45) is 0 Å². The lowest BCUT2D eigenvalue weighted by Gasteiger charge is -2.10. The van der Waals surface area contributed by atoms with Crippen molar-refractivity contribution in [1.82, 2.24) is 28.7 Å². The first-order valence-electron chi connectivity index (χ1n) is 27.5. The second-order valence-electron chi connectivity index (χ2n) is 20.8. The maximum absolute atomic E-state index is 5.47. The molecule has 0 saturated heterocycles. The summed E-state index contributed by atoms with van der Waals surface area (Å²) in [5, 5.41) is 10.4. The Kier molecular flexibility index (Phi) is 10.8. The van der Waals surface area contributed by atoms with Crippen LogP contribution in [-0.4, -0.2) is 28.7 Å². The highest BCUT2D eigenvalue weighted by Crippen LogP contribution is 2.37. The van der Waals surface area contributed by atoms with E-state index in [1.807, 2.05) is 0 Å². The van der Waals surface area contributed by atoms with E-state index >= 15 is 0 Å². The van der Waals surface area contributed by atoms with Crippen molar-refractivity contribution in [1.29, 1.82) is 0 Å². The van der Waals surface area contributed by atoms with Crippen LogP contribution in [0, 0.1) is 0 Å². The van der Waals surface area contributed by atoms with E-state index in [9.17, 15) is 0 Å². The highest BCUT2D eigenvalue weighted by Gasteiger charge is 2.16. The Balaban J connectivity index is 0.874. The zero-order valence-electron chi connectivity index (χ0n) is 43.9. The Hall–Kier alpha value is -11.0. The number of hydrogen-bond donors (Lipinski definition) is 0. The highest BCUT2D eigenvalue weighted by molar-refractivity contribution is 6.11. The molecule has 0 aliphatic heterocycles. The SMILES string of the molecule is c1ccc2c(c1)c1ccccc1n2-c1ccc(-c2nc3ccc(cc3)c(-c3ccc(-n4c5ccccc5c5ccccc54)cc3)nc3ccc(cc3)c(-c3ccc(-n4c5ccccc5c5ccccc54)cc3)nc3ccc2cc3)cc1. The van der Waals surface area contributed by atoms with E-state index in [4.69, 9.17) is 15.0 Å². The average Bonchev–Trinajstić information content (AvgIpc) is 4.36. The molecule has 0 radical (unpaired) electrons. The highest BCUT2D eigenvalue weighted by atomic mass is 15.0. The van der Waals surface area contributed by atoms with Gasteiger partial charge in [-0.25, -0.2) is 15.0 Å². The predicted molar refractivity (Wildman–Crippen MR) is 338 cm³/mol. The summed E-state index contributed by atoms with van der Waals surface area (Å²) < 4.78 is 7.06. The first-order chi connectivity index (χ1) is 40.1. The molecule has 0 fully saturated rings. The Morgan fingerprint density at radius 3 is 0.593 bits per heavy atom. The van der Waals surface area contributed by atoms with Crippen LogP contribution in [0.5, 0.6) is 0 Å². The number of benzene rings is 12. The summed E-state index contributed by atoms with van der Waals surface area (Å²) in [7, 11) is 0. The Morgan fingerprint density at radius 2 is 0.383 bits per heavy atom. The van der Waals surface area contributed by atoms with Crippen molar-refractivity contribution in [3.05, 3.63) is 291 Å². The smallest absolute Gasteiger partial charge is 0.0781 e. The molecule has 0 amide bonds. The minimum atomic E-state index is 0.834. The van der Waals surface area contributed by atoms with Gasteiger partial charge in [0, 0.05) is 82.2 Å². The molecular weight excluding hydrogens is 985 g/mol. The van der Waals surface area contributed by atoms with Gasteiger partial charge in [-0.15, -0.1) is 0 Å². The maximum atomic E-state index is 5.47. The number of fused-ring (bicyclic) bond motifs is 12. The molecule has 7 heterocycles. The fraction of sp³-hybridized carbons (Fsp3) is 0. The molecule has 19 aromatic rings. The average molecular weight is 1030 g/mol. The summed E-state index contributed by atoms with van der Waals surface area (Å²) in [5.74, 6) is 0. The number of aromatic nitrogens is 6. The van der Waals surface area contributed by atoms with Crippen LogP contribution in [0.3, 0.4) is 0 Å². The Labute approximate surface area is 466 Å². The van der Waals surface area contributed by atoms with E-state index in [-0.39, 0.29) is 0 Å². The standard InChI is InChI=1S/C75H48N6/c1-7-19-67-61(13-1)62-14-2-8-20-68(62)79(67)58-43-31-52(32-44-58)73-49-25-37-56(38-26-49)77-75(54-35-47-60(48-36-54)81-71-23-11-5-17-65(71)66-18-6-12-24-72(66)81)51-29-41-57(42-30-51)78-74(50-27-39-55(76-73)40-28-50)53-33-45-59(46-34-53)80-69-21-9-3-15-63(69)64-16-4-10-22-70(64)80/h1-48H. The van der Waals surface area contributed by atoms with Crippen LogP contribution < -0.4 is 0 Å². The predicted octanol–water partition coefficient (Wildman–Crippen LogP) is 19.3. The van der Waals surface area contributed by atoms with Gasteiger partial charge >= 0.3 is 0 Å². The molecule has 0 atom stereocenters. The number of hydrogen-bond acceptors (Lipinski definition) is 3. The van der Waals surface area contributed by atoms with Gasteiger partial charge in [-0.2, -0.15) is 0 Å². The van der Waals surface area contributed by atoms with Crippen LogP contribution in [-0.2, 0) is 0 Å². The molecule has 81 heavy (non-hydrogen) atoms. The zero-order chi connectivity index (χ0) is 53.4. The molecule has 6 bridgehead atoms. The van der Waals surface area contributed by atoms with E-state index in [1.165, 1.54) is 65.4 Å². The summed E-state index contributed by atoms with van der Waals surface area (Å²) in [4.78, 5) is 16.4. The number of para-hydroxylation sites is 6. The topological polar surface area (TPSA) is 53.5 Å². The quantitative estimate of drug-likeness (QED) is 0.167. The third-order valence-corrected chi connectivity index (χ3v) is 16.1. The van der Waals surface area contributed by atoms with Crippen molar-refractivity contribution < 1.29 is 0 Å². The molecule has 0 spiro atoms. The maximum Gasteiger partial charge on any atom is 0.0781 e. The van der Waals surface area contributed by atoms with Crippen molar-refractivity contribution >= 4 is 98.1 Å². The van der Waals surface area contributed by atoms with Crippen LogP contribution in [0.1, 0.15) is 0 Å². The lowest BCUT2D eigenvalue weighted by Crippen LogP contribution is -1.94. The van der Waals surface area contributed by atoms with Gasteiger partial charge in [-0.05, 0) is 109 Å². The van der Waals surface area contributed by atoms with Crippen molar-refractivity contribution in [3.63, 3.8) is 0 Å². The largest absolute Gasteiger partial charge is 0.309 e. The zero-order valence-corrected chi connectivity index (χ0v) is 43.9. The molecule has 6 nitrogen and oxygen atoms in total. The first kappa shape index (κ1) is 46.2.